The number of aromatic nitrogens is 1. The number of benzene rings is 2. The molecule has 0 spiro atoms. The van der Waals surface area contributed by atoms with Crippen molar-refractivity contribution in [2.24, 2.45) is 0 Å². The summed E-state index contributed by atoms with van der Waals surface area (Å²) in [7, 11) is 0. The third-order valence-corrected chi connectivity index (χ3v) is 5.98. The topological polar surface area (TPSA) is 31.2 Å². The van der Waals surface area contributed by atoms with Gasteiger partial charge in [-0.2, -0.15) is 0 Å². The van der Waals surface area contributed by atoms with Crippen LogP contribution in [-0.2, 0) is 12.8 Å². The van der Waals surface area contributed by atoms with E-state index in [-0.39, 0.29) is 12.4 Å². The van der Waals surface area contributed by atoms with Crippen molar-refractivity contribution in [3.63, 3.8) is 0 Å². The Morgan fingerprint density at radius 3 is 2.43 bits per heavy atom. The van der Waals surface area contributed by atoms with Gasteiger partial charge in [-0.1, -0.05) is 30.7 Å². The normalized spacial score (nSPS) is 16.1. The van der Waals surface area contributed by atoms with Crippen LogP contribution in [0, 0.1) is 5.82 Å². The van der Waals surface area contributed by atoms with E-state index in [1.54, 1.807) is 12.1 Å². The van der Waals surface area contributed by atoms with Crippen LogP contribution < -0.4 is 5.11 Å². The lowest BCUT2D eigenvalue weighted by atomic mass is 10.0. The SMILES string of the molecule is [O-]CCCc1ccc2ccn(C3CCN(CCc4ccc(F)cc4)CC3)c2c1. The van der Waals surface area contributed by atoms with Crippen LogP contribution in [0.3, 0.4) is 0 Å². The second-order valence-corrected chi connectivity index (χ2v) is 7.87. The van der Waals surface area contributed by atoms with Gasteiger partial charge in [0.05, 0.1) is 0 Å². The summed E-state index contributed by atoms with van der Waals surface area (Å²) >= 11 is 0. The number of hydrogen-bond donors (Lipinski definition) is 0. The Balaban J connectivity index is 1.36. The molecule has 2 aromatic carbocycles. The van der Waals surface area contributed by atoms with Crippen LogP contribution in [0.15, 0.2) is 54.7 Å². The van der Waals surface area contributed by atoms with Gasteiger partial charge in [0.2, 0.25) is 0 Å². The molecule has 4 heteroatoms. The molecule has 0 radical (unpaired) electrons. The number of nitrogens with zero attached hydrogens (tertiary/aromatic N) is 2. The monoisotopic (exact) mass is 379 g/mol. The van der Waals surface area contributed by atoms with Crippen molar-refractivity contribution in [1.29, 1.82) is 0 Å². The van der Waals surface area contributed by atoms with Crippen molar-refractivity contribution in [3.8, 4) is 0 Å². The molecule has 0 aliphatic carbocycles. The van der Waals surface area contributed by atoms with Gasteiger partial charge in [-0.3, -0.25) is 0 Å². The molecule has 28 heavy (non-hydrogen) atoms. The molecule has 2 heterocycles. The second kappa shape index (κ2) is 8.89. The van der Waals surface area contributed by atoms with Crippen LogP contribution in [0.4, 0.5) is 4.39 Å². The van der Waals surface area contributed by atoms with E-state index >= 15 is 0 Å². The summed E-state index contributed by atoms with van der Waals surface area (Å²) in [5.41, 5.74) is 3.76. The maximum absolute atomic E-state index is 13.0. The zero-order valence-electron chi connectivity index (χ0n) is 16.3. The average molecular weight is 379 g/mol. The Morgan fingerprint density at radius 2 is 1.68 bits per heavy atom. The fourth-order valence-corrected chi connectivity index (χ4v) is 4.30. The molecular formula is C24H28FN2O-. The number of fused-ring (bicyclic) bond motifs is 1. The van der Waals surface area contributed by atoms with Gasteiger partial charge in [-0.25, -0.2) is 4.39 Å². The third-order valence-electron chi connectivity index (χ3n) is 5.98. The van der Waals surface area contributed by atoms with Crippen LogP contribution in [-0.4, -0.2) is 35.7 Å². The fourth-order valence-electron chi connectivity index (χ4n) is 4.30. The molecule has 3 nitrogen and oxygen atoms in total. The van der Waals surface area contributed by atoms with Gasteiger partial charge in [0.1, 0.15) is 5.82 Å². The highest BCUT2D eigenvalue weighted by atomic mass is 19.1. The highest BCUT2D eigenvalue weighted by Crippen LogP contribution is 2.28. The maximum atomic E-state index is 13.0. The number of piperidine rings is 1. The van der Waals surface area contributed by atoms with Gasteiger partial charge in [0.25, 0.3) is 0 Å². The largest absolute Gasteiger partial charge is 0.854 e. The molecule has 0 N–H and O–H groups in total. The number of hydrogen-bond acceptors (Lipinski definition) is 2. The van der Waals surface area contributed by atoms with Gasteiger partial charge in [-0.05, 0) is 66.5 Å². The zero-order chi connectivity index (χ0) is 19.3. The fraction of sp³-hybridized carbons (Fsp3) is 0.417. The number of aryl methyl sites for hydroxylation is 1. The molecule has 1 aliphatic rings. The van der Waals surface area contributed by atoms with Crippen molar-refractivity contribution >= 4 is 10.9 Å². The van der Waals surface area contributed by atoms with Crippen LogP contribution >= 0.6 is 0 Å². The van der Waals surface area contributed by atoms with Crippen molar-refractivity contribution in [1.82, 2.24) is 9.47 Å². The first-order valence-corrected chi connectivity index (χ1v) is 10.4. The van der Waals surface area contributed by atoms with E-state index in [9.17, 15) is 9.50 Å². The third kappa shape index (κ3) is 4.45. The molecule has 0 bridgehead atoms. The van der Waals surface area contributed by atoms with Gasteiger partial charge >= 0.3 is 0 Å². The molecular weight excluding hydrogens is 351 g/mol. The summed E-state index contributed by atoms with van der Waals surface area (Å²) in [6.45, 7) is 3.22. The van der Waals surface area contributed by atoms with Crippen LogP contribution in [0.1, 0.15) is 36.4 Å². The van der Waals surface area contributed by atoms with Gasteiger partial charge in [-0.15, -0.1) is 6.61 Å². The lowest BCUT2D eigenvalue weighted by molar-refractivity contribution is -0.368. The molecule has 1 saturated heterocycles. The first kappa shape index (κ1) is 19.2. The minimum atomic E-state index is -0.167. The lowest BCUT2D eigenvalue weighted by Crippen LogP contribution is -2.35. The predicted octanol–water partition coefficient (Wildman–Crippen LogP) is 3.95. The number of likely N-dealkylation sites (tertiary alicyclic amines) is 1. The molecule has 1 aliphatic heterocycles. The van der Waals surface area contributed by atoms with Gasteiger partial charge in [0.15, 0.2) is 0 Å². The van der Waals surface area contributed by atoms with Crippen LogP contribution in [0.2, 0.25) is 0 Å². The molecule has 0 atom stereocenters. The summed E-state index contributed by atoms with van der Waals surface area (Å²) < 4.78 is 15.5. The summed E-state index contributed by atoms with van der Waals surface area (Å²) in [5.74, 6) is -0.167. The van der Waals surface area contributed by atoms with E-state index < -0.39 is 0 Å². The Labute approximate surface area is 166 Å². The molecule has 4 rings (SSSR count). The number of rotatable bonds is 7. The molecule has 1 fully saturated rings. The van der Waals surface area contributed by atoms with Gasteiger partial charge in [0, 0.05) is 37.4 Å². The van der Waals surface area contributed by atoms with E-state index in [0.717, 1.165) is 45.3 Å². The Bertz CT molecular complexity index is 895. The average Bonchev–Trinajstić information content (AvgIpc) is 3.15. The highest BCUT2D eigenvalue weighted by Gasteiger charge is 2.21. The summed E-state index contributed by atoms with van der Waals surface area (Å²) in [4.78, 5) is 2.52. The first-order chi connectivity index (χ1) is 13.7. The highest BCUT2D eigenvalue weighted by molar-refractivity contribution is 5.81. The predicted molar refractivity (Wildman–Crippen MR) is 110 cm³/mol. The lowest BCUT2D eigenvalue weighted by Gasteiger charge is -2.33. The molecule has 148 valence electrons. The van der Waals surface area contributed by atoms with Crippen LogP contribution in [0.5, 0.6) is 0 Å². The minimum Gasteiger partial charge on any atom is -0.854 e. The summed E-state index contributed by atoms with van der Waals surface area (Å²) in [6, 6.07) is 16.2. The Morgan fingerprint density at radius 1 is 0.929 bits per heavy atom. The molecule has 1 aromatic heterocycles. The van der Waals surface area contributed by atoms with E-state index in [2.05, 4.69) is 39.9 Å². The van der Waals surface area contributed by atoms with E-state index in [4.69, 9.17) is 0 Å². The molecule has 0 amide bonds. The smallest absolute Gasteiger partial charge is 0.123 e. The first-order valence-electron chi connectivity index (χ1n) is 10.4. The van der Waals surface area contributed by atoms with E-state index in [1.165, 1.54) is 22.0 Å². The second-order valence-electron chi connectivity index (χ2n) is 7.87. The Kier molecular flexibility index (Phi) is 6.08. The van der Waals surface area contributed by atoms with Crippen molar-refractivity contribution in [2.75, 3.05) is 26.2 Å². The summed E-state index contributed by atoms with van der Waals surface area (Å²) in [5, 5.41) is 12.1. The molecule has 0 saturated carbocycles. The van der Waals surface area contributed by atoms with E-state index in [1.807, 2.05) is 12.1 Å². The minimum absolute atomic E-state index is 0.00453. The van der Waals surface area contributed by atoms with Crippen molar-refractivity contribution in [2.45, 2.75) is 38.1 Å². The van der Waals surface area contributed by atoms with Crippen LogP contribution in [0.25, 0.3) is 10.9 Å². The summed E-state index contributed by atoms with van der Waals surface area (Å²) in [6.07, 6.45) is 7.07. The van der Waals surface area contributed by atoms with Gasteiger partial charge < -0.3 is 14.6 Å². The van der Waals surface area contributed by atoms with Crippen molar-refractivity contribution < 1.29 is 9.50 Å². The molecule has 3 aromatic rings. The van der Waals surface area contributed by atoms with Crippen molar-refractivity contribution in [3.05, 3.63) is 71.7 Å². The number of halogens is 1. The zero-order valence-corrected chi connectivity index (χ0v) is 16.3. The van der Waals surface area contributed by atoms with E-state index in [0.29, 0.717) is 12.5 Å². The maximum Gasteiger partial charge on any atom is 0.123 e. The quantitative estimate of drug-likeness (QED) is 0.622. The molecule has 0 unspecified atom stereocenters. The Hall–Kier alpha value is -2.17. The standard InChI is InChI=1S/C24H28FN2O/c25-22-7-4-19(5-8-22)9-13-26-14-11-23(12-15-26)27-16-10-21-6-3-20(2-1-17-28)18-24(21)27/h3-8,10,16,18,23H,1-2,9,11-15,17H2/q-1.